The highest BCUT2D eigenvalue weighted by atomic mass is 16.6. The van der Waals surface area contributed by atoms with E-state index in [9.17, 15) is 0 Å². The monoisotopic (exact) mass is 263 g/mol. The standard InChI is InChI=1S/C15H21NO3/c1-17-13-6-3-5-12(13)16-10-11-4-2-7-14-15(11)19-9-8-18-14/h2,4,7,12-13,16H,3,5-6,8-10H2,1H3. The predicted molar refractivity (Wildman–Crippen MR) is 72.7 cm³/mol. The summed E-state index contributed by atoms with van der Waals surface area (Å²) < 4.78 is 16.8. The van der Waals surface area contributed by atoms with Gasteiger partial charge < -0.3 is 19.5 Å². The van der Waals surface area contributed by atoms with Gasteiger partial charge in [-0.3, -0.25) is 0 Å². The van der Waals surface area contributed by atoms with Gasteiger partial charge in [-0.15, -0.1) is 0 Å². The molecule has 1 aromatic carbocycles. The summed E-state index contributed by atoms with van der Waals surface area (Å²) in [5.74, 6) is 1.76. The van der Waals surface area contributed by atoms with E-state index in [0.29, 0.717) is 25.4 Å². The zero-order valence-electron chi connectivity index (χ0n) is 11.4. The van der Waals surface area contributed by atoms with Crippen molar-refractivity contribution in [3.05, 3.63) is 23.8 Å². The number of ether oxygens (including phenoxy) is 3. The predicted octanol–water partition coefficient (Wildman–Crippen LogP) is 2.11. The lowest BCUT2D eigenvalue weighted by molar-refractivity contribution is 0.0845. The van der Waals surface area contributed by atoms with E-state index in [1.54, 1.807) is 7.11 Å². The van der Waals surface area contributed by atoms with Crippen molar-refractivity contribution in [1.82, 2.24) is 5.32 Å². The maximum Gasteiger partial charge on any atom is 0.165 e. The molecule has 0 amide bonds. The van der Waals surface area contributed by atoms with Crippen molar-refractivity contribution < 1.29 is 14.2 Å². The summed E-state index contributed by atoms with van der Waals surface area (Å²) in [5.41, 5.74) is 1.17. The van der Waals surface area contributed by atoms with Crippen LogP contribution in [0.2, 0.25) is 0 Å². The molecule has 1 fully saturated rings. The Morgan fingerprint density at radius 1 is 1.26 bits per heavy atom. The van der Waals surface area contributed by atoms with Gasteiger partial charge in [-0.25, -0.2) is 0 Å². The average Bonchev–Trinajstić information content (AvgIpc) is 2.92. The van der Waals surface area contributed by atoms with Gasteiger partial charge in [-0.1, -0.05) is 12.1 Å². The fraction of sp³-hybridized carbons (Fsp3) is 0.600. The number of hydrogen-bond acceptors (Lipinski definition) is 4. The Morgan fingerprint density at radius 3 is 3.05 bits per heavy atom. The van der Waals surface area contributed by atoms with Crippen LogP contribution in [-0.4, -0.2) is 32.5 Å². The van der Waals surface area contributed by atoms with E-state index in [2.05, 4.69) is 11.4 Å². The molecule has 2 unspecified atom stereocenters. The average molecular weight is 263 g/mol. The molecule has 1 saturated carbocycles. The van der Waals surface area contributed by atoms with Gasteiger partial charge in [0.25, 0.3) is 0 Å². The molecule has 1 aliphatic heterocycles. The summed E-state index contributed by atoms with van der Waals surface area (Å²) in [6.07, 6.45) is 3.92. The molecule has 1 heterocycles. The molecule has 4 nitrogen and oxygen atoms in total. The van der Waals surface area contributed by atoms with Gasteiger partial charge in [0.2, 0.25) is 0 Å². The molecular weight excluding hydrogens is 242 g/mol. The third-order valence-corrected chi connectivity index (χ3v) is 3.96. The van der Waals surface area contributed by atoms with Crippen LogP contribution >= 0.6 is 0 Å². The van der Waals surface area contributed by atoms with Crippen molar-refractivity contribution in [2.24, 2.45) is 0 Å². The first kappa shape index (κ1) is 12.8. The van der Waals surface area contributed by atoms with E-state index in [4.69, 9.17) is 14.2 Å². The Kier molecular flexibility index (Phi) is 3.89. The number of para-hydroxylation sites is 1. The van der Waals surface area contributed by atoms with E-state index in [0.717, 1.165) is 24.5 Å². The first-order valence-electron chi connectivity index (χ1n) is 7.02. The van der Waals surface area contributed by atoms with Gasteiger partial charge in [0.1, 0.15) is 13.2 Å². The molecule has 2 atom stereocenters. The number of rotatable bonds is 4. The van der Waals surface area contributed by atoms with E-state index >= 15 is 0 Å². The van der Waals surface area contributed by atoms with E-state index in [-0.39, 0.29) is 0 Å². The second-order valence-electron chi connectivity index (χ2n) is 5.13. The Balaban J connectivity index is 1.67. The molecule has 104 valence electrons. The van der Waals surface area contributed by atoms with E-state index in [1.807, 2.05) is 12.1 Å². The van der Waals surface area contributed by atoms with Crippen LogP contribution in [-0.2, 0) is 11.3 Å². The molecule has 1 aliphatic carbocycles. The summed E-state index contributed by atoms with van der Waals surface area (Å²) in [6.45, 7) is 2.07. The van der Waals surface area contributed by atoms with Crippen molar-refractivity contribution >= 4 is 0 Å². The first-order valence-corrected chi connectivity index (χ1v) is 7.02. The lowest BCUT2D eigenvalue weighted by atomic mass is 10.1. The van der Waals surface area contributed by atoms with Gasteiger partial charge in [-0.05, 0) is 25.3 Å². The highest BCUT2D eigenvalue weighted by molar-refractivity contribution is 5.47. The molecule has 4 heteroatoms. The van der Waals surface area contributed by atoms with Crippen LogP contribution in [0.4, 0.5) is 0 Å². The largest absolute Gasteiger partial charge is 0.486 e. The minimum atomic E-state index is 0.344. The summed E-state index contributed by atoms with van der Waals surface area (Å²) in [7, 11) is 1.80. The Hall–Kier alpha value is -1.26. The van der Waals surface area contributed by atoms with E-state index < -0.39 is 0 Å². The van der Waals surface area contributed by atoms with Crippen LogP contribution in [0.25, 0.3) is 0 Å². The van der Waals surface area contributed by atoms with Crippen LogP contribution in [0.1, 0.15) is 24.8 Å². The van der Waals surface area contributed by atoms with Crippen molar-refractivity contribution in [2.75, 3.05) is 20.3 Å². The van der Waals surface area contributed by atoms with Gasteiger partial charge >= 0.3 is 0 Å². The first-order chi connectivity index (χ1) is 9.38. The number of hydrogen-bond donors (Lipinski definition) is 1. The third-order valence-electron chi connectivity index (χ3n) is 3.96. The molecule has 0 radical (unpaired) electrons. The summed E-state index contributed by atoms with van der Waals surface area (Å²) in [5, 5.41) is 3.59. The normalized spacial score (nSPS) is 25.5. The van der Waals surface area contributed by atoms with Gasteiger partial charge in [-0.2, -0.15) is 0 Å². The second kappa shape index (κ2) is 5.80. The molecule has 1 N–H and O–H groups in total. The lowest BCUT2D eigenvalue weighted by Gasteiger charge is -2.23. The van der Waals surface area contributed by atoms with Crippen molar-refractivity contribution in [2.45, 2.75) is 38.0 Å². The molecule has 0 spiro atoms. The molecule has 1 aromatic rings. The Labute approximate surface area is 114 Å². The molecule has 0 bridgehead atoms. The summed E-state index contributed by atoms with van der Waals surface area (Å²) >= 11 is 0. The van der Waals surface area contributed by atoms with E-state index in [1.165, 1.54) is 18.4 Å². The topological polar surface area (TPSA) is 39.7 Å². The molecule has 0 aromatic heterocycles. The van der Waals surface area contributed by atoms with Crippen molar-refractivity contribution in [3.8, 4) is 11.5 Å². The Bertz CT molecular complexity index is 435. The molecule has 2 aliphatic rings. The zero-order valence-corrected chi connectivity index (χ0v) is 11.4. The summed E-state index contributed by atoms with van der Waals surface area (Å²) in [6, 6.07) is 6.53. The zero-order chi connectivity index (χ0) is 13.1. The smallest absolute Gasteiger partial charge is 0.165 e. The SMILES string of the molecule is COC1CCCC1NCc1cccc2c1OCCO2. The Morgan fingerprint density at radius 2 is 2.16 bits per heavy atom. The van der Waals surface area contributed by atoms with Gasteiger partial charge in [0.05, 0.1) is 6.10 Å². The quantitative estimate of drug-likeness (QED) is 0.903. The maximum absolute atomic E-state index is 5.73. The molecular formula is C15H21NO3. The second-order valence-corrected chi connectivity index (χ2v) is 5.13. The van der Waals surface area contributed by atoms with Crippen LogP contribution in [0.5, 0.6) is 11.5 Å². The van der Waals surface area contributed by atoms with Crippen LogP contribution in [0.15, 0.2) is 18.2 Å². The number of fused-ring (bicyclic) bond motifs is 1. The summed E-state index contributed by atoms with van der Waals surface area (Å²) in [4.78, 5) is 0. The fourth-order valence-corrected chi connectivity index (χ4v) is 2.96. The fourth-order valence-electron chi connectivity index (χ4n) is 2.96. The van der Waals surface area contributed by atoms with Crippen LogP contribution in [0, 0.1) is 0 Å². The maximum atomic E-state index is 5.73. The van der Waals surface area contributed by atoms with Gasteiger partial charge in [0.15, 0.2) is 11.5 Å². The third kappa shape index (κ3) is 2.69. The lowest BCUT2D eigenvalue weighted by Crippen LogP contribution is -2.36. The van der Waals surface area contributed by atoms with Crippen molar-refractivity contribution in [1.29, 1.82) is 0 Å². The minimum Gasteiger partial charge on any atom is -0.486 e. The highest BCUT2D eigenvalue weighted by Crippen LogP contribution is 2.33. The molecule has 0 saturated heterocycles. The number of nitrogens with one attached hydrogen (secondary N) is 1. The van der Waals surface area contributed by atoms with Gasteiger partial charge in [0, 0.05) is 25.3 Å². The number of benzene rings is 1. The van der Waals surface area contributed by atoms with Crippen molar-refractivity contribution in [3.63, 3.8) is 0 Å². The number of methoxy groups -OCH3 is 1. The minimum absolute atomic E-state index is 0.344. The molecule has 19 heavy (non-hydrogen) atoms. The highest BCUT2D eigenvalue weighted by Gasteiger charge is 2.27. The van der Waals surface area contributed by atoms with Crippen LogP contribution in [0.3, 0.4) is 0 Å². The molecule has 3 rings (SSSR count). The van der Waals surface area contributed by atoms with Crippen LogP contribution < -0.4 is 14.8 Å².